The predicted molar refractivity (Wildman–Crippen MR) is 117 cm³/mol. The number of carbonyl (C=O) groups is 2. The van der Waals surface area contributed by atoms with Crippen molar-refractivity contribution in [2.24, 2.45) is 0 Å². The van der Waals surface area contributed by atoms with E-state index in [2.05, 4.69) is 15.5 Å². The van der Waals surface area contributed by atoms with Crippen LogP contribution in [0, 0.1) is 0 Å². The van der Waals surface area contributed by atoms with Crippen molar-refractivity contribution in [3.63, 3.8) is 0 Å². The lowest BCUT2D eigenvalue weighted by molar-refractivity contribution is -0.117. The molecule has 0 bridgehead atoms. The van der Waals surface area contributed by atoms with Gasteiger partial charge in [0.25, 0.3) is 5.91 Å². The highest BCUT2D eigenvalue weighted by Crippen LogP contribution is 2.35. The fourth-order valence-electron chi connectivity index (χ4n) is 3.17. The van der Waals surface area contributed by atoms with Crippen molar-refractivity contribution in [1.29, 1.82) is 0 Å². The van der Waals surface area contributed by atoms with Gasteiger partial charge in [-0.15, -0.1) is 10.2 Å². The minimum Gasteiger partial charge on any atom is -0.497 e. The van der Waals surface area contributed by atoms with Gasteiger partial charge in [0.05, 0.1) is 17.7 Å². The van der Waals surface area contributed by atoms with E-state index in [1.165, 1.54) is 17.4 Å². The summed E-state index contributed by atoms with van der Waals surface area (Å²) in [4.78, 5) is 26.7. The van der Waals surface area contributed by atoms with Crippen LogP contribution in [0.4, 0.5) is 10.8 Å². The third kappa shape index (κ3) is 4.26. The molecule has 2 aromatic carbocycles. The maximum Gasteiger partial charge on any atom is 0.259 e. The van der Waals surface area contributed by atoms with Crippen molar-refractivity contribution in [3.05, 3.63) is 63.1 Å². The maximum atomic E-state index is 12.5. The minimum absolute atomic E-state index is 0.0129. The molecule has 2 heterocycles. The molecule has 2 amide bonds. The Morgan fingerprint density at radius 1 is 1.20 bits per heavy atom. The van der Waals surface area contributed by atoms with Gasteiger partial charge in [-0.1, -0.05) is 34.5 Å². The van der Waals surface area contributed by atoms with Crippen LogP contribution in [-0.2, 0) is 4.79 Å². The Hall–Kier alpha value is -2.68. The van der Waals surface area contributed by atoms with E-state index in [1.54, 1.807) is 24.1 Å². The molecule has 1 N–H and O–H groups in total. The van der Waals surface area contributed by atoms with E-state index in [-0.39, 0.29) is 16.8 Å². The molecule has 1 atom stereocenters. The zero-order valence-corrected chi connectivity index (χ0v) is 18.1. The molecule has 154 valence electrons. The second-order valence-electron chi connectivity index (χ2n) is 6.63. The first-order chi connectivity index (χ1) is 14.4. The normalized spacial score (nSPS) is 16.0. The van der Waals surface area contributed by atoms with Gasteiger partial charge in [0.2, 0.25) is 11.0 Å². The van der Waals surface area contributed by atoms with E-state index in [4.69, 9.17) is 27.9 Å². The van der Waals surface area contributed by atoms with Crippen LogP contribution in [0.2, 0.25) is 10.0 Å². The number of halogens is 2. The topological polar surface area (TPSA) is 84.4 Å². The predicted octanol–water partition coefficient (Wildman–Crippen LogP) is 4.63. The van der Waals surface area contributed by atoms with Gasteiger partial charge in [-0.25, -0.2) is 0 Å². The minimum atomic E-state index is -0.401. The van der Waals surface area contributed by atoms with E-state index in [0.717, 1.165) is 11.4 Å². The third-order valence-electron chi connectivity index (χ3n) is 4.70. The fourth-order valence-corrected chi connectivity index (χ4v) is 4.50. The van der Waals surface area contributed by atoms with Crippen molar-refractivity contribution in [3.8, 4) is 5.75 Å². The standard InChI is InChI=1S/C20H16Cl2N4O3S/c1-29-14-5-3-13(4-6-14)26-10-11(8-17(26)27)19-24-25-20(30-19)23-18(28)15-7-2-12(21)9-16(15)22/h2-7,9,11H,8,10H2,1H3,(H,23,25,28). The summed E-state index contributed by atoms with van der Waals surface area (Å²) in [5.41, 5.74) is 1.10. The molecule has 0 spiro atoms. The summed E-state index contributed by atoms with van der Waals surface area (Å²) in [7, 11) is 1.60. The molecule has 10 heteroatoms. The monoisotopic (exact) mass is 462 g/mol. The number of rotatable bonds is 5. The zero-order chi connectivity index (χ0) is 21.3. The van der Waals surface area contributed by atoms with Crippen LogP contribution in [0.25, 0.3) is 0 Å². The number of hydrogen-bond acceptors (Lipinski definition) is 6. The average molecular weight is 463 g/mol. The summed E-state index contributed by atoms with van der Waals surface area (Å²) in [6.45, 7) is 0.497. The summed E-state index contributed by atoms with van der Waals surface area (Å²) in [5, 5.41) is 12.6. The maximum absolute atomic E-state index is 12.5. The van der Waals surface area contributed by atoms with Gasteiger partial charge >= 0.3 is 0 Å². The number of anilines is 2. The van der Waals surface area contributed by atoms with Crippen molar-refractivity contribution < 1.29 is 14.3 Å². The SMILES string of the molecule is COc1ccc(N2CC(c3nnc(NC(=O)c4ccc(Cl)cc4Cl)s3)CC2=O)cc1. The Morgan fingerprint density at radius 2 is 1.97 bits per heavy atom. The van der Waals surface area contributed by atoms with Gasteiger partial charge in [0, 0.05) is 29.6 Å². The number of hydrogen-bond donors (Lipinski definition) is 1. The molecule has 1 saturated heterocycles. The lowest BCUT2D eigenvalue weighted by Gasteiger charge is -2.16. The number of aromatic nitrogens is 2. The number of nitrogens with one attached hydrogen (secondary N) is 1. The highest BCUT2D eigenvalue weighted by molar-refractivity contribution is 7.15. The number of methoxy groups -OCH3 is 1. The summed E-state index contributed by atoms with van der Waals surface area (Å²) >= 11 is 13.2. The first kappa shape index (κ1) is 20.6. The Bertz CT molecular complexity index is 1100. The zero-order valence-electron chi connectivity index (χ0n) is 15.8. The molecule has 7 nitrogen and oxygen atoms in total. The largest absolute Gasteiger partial charge is 0.497 e. The van der Waals surface area contributed by atoms with E-state index < -0.39 is 5.91 Å². The van der Waals surface area contributed by atoms with Gasteiger partial charge in [-0.3, -0.25) is 14.9 Å². The van der Waals surface area contributed by atoms with Crippen molar-refractivity contribution in [2.75, 3.05) is 23.9 Å². The molecule has 1 aromatic heterocycles. The van der Waals surface area contributed by atoms with E-state index >= 15 is 0 Å². The fraction of sp³-hybridized carbons (Fsp3) is 0.200. The van der Waals surface area contributed by atoms with E-state index in [1.807, 2.05) is 24.3 Å². The molecule has 0 saturated carbocycles. The highest BCUT2D eigenvalue weighted by atomic mass is 35.5. The molecule has 1 unspecified atom stereocenters. The lowest BCUT2D eigenvalue weighted by atomic mass is 10.1. The third-order valence-corrected chi connectivity index (χ3v) is 6.24. The molecule has 30 heavy (non-hydrogen) atoms. The van der Waals surface area contributed by atoms with Crippen LogP contribution >= 0.6 is 34.5 Å². The van der Waals surface area contributed by atoms with Crippen molar-refractivity contribution >= 4 is 57.2 Å². The second kappa shape index (κ2) is 8.59. The quantitative estimate of drug-likeness (QED) is 0.597. The smallest absolute Gasteiger partial charge is 0.259 e. The van der Waals surface area contributed by atoms with Crippen molar-refractivity contribution in [2.45, 2.75) is 12.3 Å². The Labute approximate surface area is 186 Å². The van der Waals surface area contributed by atoms with Gasteiger partial charge in [-0.2, -0.15) is 0 Å². The number of nitrogens with zero attached hydrogens (tertiary/aromatic N) is 3. The summed E-state index contributed by atoms with van der Waals surface area (Å²) in [6, 6.07) is 12.0. The Balaban J connectivity index is 1.44. The Morgan fingerprint density at radius 3 is 2.67 bits per heavy atom. The number of amides is 2. The van der Waals surface area contributed by atoms with Crippen LogP contribution in [0.1, 0.15) is 27.7 Å². The molecule has 3 aromatic rings. The van der Waals surface area contributed by atoms with Gasteiger partial charge in [-0.05, 0) is 42.5 Å². The second-order valence-corrected chi connectivity index (χ2v) is 8.48. The van der Waals surface area contributed by atoms with Crippen LogP contribution in [0.15, 0.2) is 42.5 Å². The summed E-state index contributed by atoms with van der Waals surface area (Å²) in [6.07, 6.45) is 0.331. The number of carbonyl (C=O) groups excluding carboxylic acids is 2. The van der Waals surface area contributed by atoms with E-state index in [9.17, 15) is 9.59 Å². The first-order valence-corrected chi connectivity index (χ1v) is 10.6. The summed E-state index contributed by atoms with van der Waals surface area (Å²) in [5.74, 6) is 0.245. The van der Waals surface area contributed by atoms with Crippen LogP contribution < -0.4 is 15.0 Å². The van der Waals surface area contributed by atoms with Crippen molar-refractivity contribution in [1.82, 2.24) is 10.2 Å². The molecule has 1 aliphatic rings. The molecule has 1 fully saturated rings. The molecule has 0 radical (unpaired) electrons. The first-order valence-electron chi connectivity index (χ1n) is 8.99. The molecule has 4 rings (SSSR count). The molecule has 0 aliphatic carbocycles. The van der Waals surface area contributed by atoms with Crippen LogP contribution in [-0.4, -0.2) is 35.7 Å². The highest BCUT2D eigenvalue weighted by Gasteiger charge is 2.34. The van der Waals surface area contributed by atoms with E-state index in [0.29, 0.717) is 33.7 Å². The van der Waals surface area contributed by atoms with Crippen LogP contribution in [0.3, 0.4) is 0 Å². The lowest BCUT2D eigenvalue weighted by Crippen LogP contribution is -2.24. The number of ether oxygens (including phenoxy) is 1. The van der Waals surface area contributed by atoms with Gasteiger partial charge in [0.1, 0.15) is 10.8 Å². The summed E-state index contributed by atoms with van der Waals surface area (Å²) < 4.78 is 5.16. The average Bonchev–Trinajstić information content (AvgIpc) is 3.34. The molecular formula is C20H16Cl2N4O3S. The van der Waals surface area contributed by atoms with Crippen LogP contribution in [0.5, 0.6) is 5.75 Å². The molecular weight excluding hydrogens is 447 g/mol. The van der Waals surface area contributed by atoms with Gasteiger partial charge in [0.15, 0.2) is 0 Å². The molecule has 1 aliphatic heterocycles. The van der Waals surface area contributed by atoms with Gasteiger partial charge < -0.3 is 9.64 Å². The number of benzene rings is 2. The Kier molecular flexibility index (Phi) is 5.90.